The Morgan fingerprint density at radius 2 is 2.04 bits per heavy atom. The van der Waals surface area contributed by atoms with E-state index in [0.717, 1.165) is 25.7 Å². The Kier molecular flexibility index (Phi) is 10.4. The van der Waals surface area contributed by atoms with Crippen LogP contribution in [0.25, 0.3) is 0 Å². The van der Waals surface area contributed by atoms with Gasteiger partial charge in [0, 0.05) is 6.42 Å². The van der Waals surface area contributed by atoms with Crippen molar-refractivity contribution in [2.75, 3.05) is 0 Å². The summed E-state index contributed by atoms with van der Waals surface area (Å²) in [7, 11) is 0. The van der Waals surface area contributed by atoms with Gasteiger partial charge in [-0.2, -0.15) is 0 Å². The summed E-state index contributed by atoms with van der Waals surface area (Å²) < 4.78 is 0. The van der Waals surface area contributed by atoms with E-state index in [1.807, 2.05) is 12.2 Å². The van der Waals surface area contributed by atoms with Crippen LogP contribution in [0, 0.1) is 11.8 Å². The van der Waals surface area contributed by atoms with Crippen LogP contribution in [0.15, 0.2) is 36.5 Å². The Morgan fingerprint density at radius 1 is 1.22 bits per heavy atom. The van der Waals surface area contributed by atoms with Crippen molar-refractivity contribution in [1.82, 2.24) is 0 Å². The molecule has 1 fully saturated rings. The minimum atomic E-state index is -0.716. The minimum absolute atomic E-state index is 0.253. The highest BCUT2D eigenvalue weighted by molar-refractivity contribution is 5.66. The highest BCUT2D eigenvalue weighted by Crippen LogP contribution is 2.35. The smallest absolute Gasteiger partial charge is 0.303 e. The molecule has 23 heavy (non-hydrogen) atoms. The van der Waals surface area contributed by atoms with Crippen molar-refractivity contribution in [1.29, 1.82) is 0 Å². The Balaban J connectivity index is 2.28. The number of rotatable bonds is 11. The van der Waals surface area contributed by atoms with Gasteiger partial charge in [0.05, 0.1) is 6.10 Å². The lowest BCUT2D eigenvalue weighted by atomic mass is 9.91. The Morgan fingerprint density at radius 3 is 2.78 bits per heavy atom. The van der Waals surface area contributed by atoms with E-state index in [9.17, 15) is 9.90 Å². The molecule has 0 bridgehead atoms. The van der Waals surface area contributed by atoms with Crippen molar-refractivity contribution in [3.63, 3.8) is 0 Å². The summed E-state index contributed by atoms with van der Waals surface area (Å²) in [6.07, 6.45) is 20.6. The standard InChI is InChI=1S/C20H32O3/c1-2-3-6-13-19(21)16-15-18-12-9-11-17(18)10-7-4-5-8-14-20(22)23/h3-4,6-7,15-19,21H,2,5,8-14H2,1H3,(H,22,23)/b6-3-,7-4-,16-15+/t17-,18+,19-/m0/s1. The Hall–Kier alpha value is -1.35. The van der Waals surface area contributed by atoms with Crippen LogP contribution < -0.4 is 0 Å². The number of carboxylic acid groups (broad SMARTS) is 1. The molecule has 1 aliphatic carbocycles. The van der Waals surface area contributed by atoms with Crippen molar-refractivity contribution in [2.24, 2.45) is 11.8 Å². The maximum Gasteiger partial charge on any atom is 0.303 e. The van der Waals surface area contributed by atoms with E-state index in [-0.39, 0.29) is 12.5 Å². The summed E-state index contributed by atoms with van der Waals surface area (Å²) in [5.41, 5.74) is 0. The second-order valence-electron chi connectivity index (χ2n) is 6.42. The van der Waals surface area contributed by atoms with Crippen LogP contribution in [0.1, 0.15) is 64.7 Å². The molecule has 1 saturated carbocycles. The molecule has 0 spiro atoms. The topological polar surface area (TPSA) is 57.5 Å². The summed E-state index contributed by atoms with van der Waals surface area (Å²) >= 11 is 0. The van der Waals surface area contributed by atoms with Crippen LogP contribution in [0.4, 0.5) is 0 Å². The number of hydrogen-bond donors (Lipinski definition) is 2. The molecule has 0 heterocycles. The van der Waals surface area contributed by atoms with Gasteiger partial charge in [-0.15, -0.1) is 0 Å². The number of hydrogen-bond acceptors (Lipinski definition) is 2. The molecule has 0 saturated heterocycles. The molecule has 130 valence electrons. The summed E-state index contributed by atoms with van der Waals surface area (Å²) in [4.78, 5) is 10.4. The Labute approximate surface area is 140 Å². The number of aliphatic hydroxyl groups is 1. The molecule has 0 aromatic heterocycles. The summed E-state index contributed by atoms with van der Waals surface area (Å²) in [6.45, 7) is 2.09. The molecule has 1 aliphatic rings. The van der Waals surface area contributed by atoms with Gasteiger partial charge in [0.1, 0.15) is 0 Å². The third-order valence-electron chi connectivity index (χ3n) is 4.45. The summed E-state index contributed by atoms with van der Waals surface area (Å²) in [6, 6.07) is 0. The second kappa shape index (κ2) is 12.1. The van der Waals surface area contributed by atoms with Gasteiger partial charge in [0.25, 0.3) is 0 Å². The number of allylic oxidation sites excluding steroid dienone is 4. The molecule has 0 aromatic rings. The summed E-state index contributed by atoms with van der Waals surface area (Å²) in [5.74, 6) is 0.524. The summed E-state index contributed by atoms with van der Waals surface area (Å²) in [5, 5.41) is 18.5. The predicted molar refractivity (Wildman–Crippen MR) is 95.3 cm³/mol. The lowest BCUT2D eigenvalue weighted by Gasteiger charge is -2.14. The van der Waals surface area contributed by atoms with Crippen molar-refractivity contribution in [3.8, 4) is 0 Å². The van der Waals surface area contributed by atoms with Gasteiger partial charge in [-0.05, 0) is 56.8 Å². The molecule has 0 aromatic carbocycles. The van der Waals surface area contributed by atoms with E-state index in [4.69, 9.17) is 5.11 Å². The fourth-order valence-electron chi connectivity index (χ4n) is 3.12. The van der Waals surface area contributed by atoms with Crippen molar-refractivity contribution >= 4 is 5.97 Å². The third kappa shape index (κ3) is 9.39. The predicted octanol–water partition coefficient (Wildman–Crippen LogP) is 4.88. The van der Waals surface area contributed by atoms with Gasteiger partial charge in [0.15, 0.2) is 0 Å². The molecule has 0 unspecified atom stereocenters. The van der Waals surface area contributed by atoms with Crippen molar-refractivity contribution in [2.45, 2.75) is 70.8 Å². The van der Waals surface area contributed by atoms with Crippen LogP contribution in [-0.4, -0.2) is 22.3 Å². The maximum atomic E-state index is 10.4. The first-order valence-corrected chi connectivity index (χ1v) is 9.01. The molecule has 2 N–H and O–H groups in total. The first-order chi connectivity index (χ1) is 11.1. The molecule has 1 rings (SSSR count). The molecule has 3 nitrogen and oxygen atoms in total. The number of unbranched alkanes of at least 4 members (excludes halogenated alkanes) is 1. The van der Waals surface area contributed by atoms with Gasteiger partial charge >= 0.3 is 5.97 Å². The van der Waals surface area contributed by atoms with Crippen LogP contribution in [0.5, 0.6) is 0 Å². The second-order valence-corrected chi connectivity index (χ2v) is 6.42. The van der Waals surface area contributed by atoms with Gasteiger partial charge in [-0.1, -0.05) is 49.8 Å². The zero-order valence-electron chi connectivity index (χ0n) is 14.4. The lowest BCUT2D eigenvalue weighted by Crippen LogP contribution is -2.06. The number of aliphatic carboxylic acids is 1. The third-order valence-corrected chi connectivity index (χ3v) is 4.45. The molecule has 0 aliphatic heterocycles. The van der Waals surface area contributed by atoms with Gasteiger partial charge in [-0.25, -0.2) is 0 Å². The molecule has 0 radical (unpaired) electrons. The van der Waals surface area contributed by atoms with E-state index in [0.29, 0.717) is 18.3 Å². The first kappa shape index (κ1) is 19.7. The minimum Gasteiger partial charge on any atom is -0.481 e. The number of carboxylic acids is 1. The average molecular weight is 320 g/mol. The SMILES string of the molecule is CC/C=C\C[C@H](O)/C=C/[C@H]1CCC[C@@H]1C/C=C\CCCC(=O)O. The zero-order valence-corrected chi connectivity index (χ0v) is 14.4. The molecule has 0 amide bonds. The fourth-order valence-corrected chi connectivity index (χ4v) is 3.12. The van der Waals surface area contributed by atoms with Crippen LogP contribution in [-0.2, 0) is 4.79 Å². The van der Waals surface area contributed by atoms with E-state index in [1.54, 1.807) is 0 Å². The monoisotopic (exact) mass is 320 g/mol. The van der Waals surface area contributed by atoms with Crippen molar-refractivity contribution in [3.05, 3.63) is 36.5 Å². The average Bonchev–Trinajstić information content (AvgIpc) is 2.96. The van der Waals surface area contributed by atoms with Crippen LogP contribution in [0.2, 0.25) is 0 Å². The van der Waals surface area contributed by atoms with Crippen LogP contribution in [0.3, 0.4) is 0 Å². The zero-order chi connectivity index (χ0) is 16.9. The van der Waals surface area contributed by atoms with Gasteiger partial charge < -0.3 is 10.2 Å². The number of carbonyl (C=O) groups is 1. The Bertz CT molecular complexity index is 409. The van der Waals surface area contributed by atoms with Gasteiger partial charge in [0.2, 0.25) is 0 Å². The molecule has 3 atom stereocenters. The van der Waals surface area contributed by atoms with E-state index < -0.39 is 5.97 Å². The van der Waals surface area contributed by atoms with Crippen molar-refractivity contribution < 1.29 is 15.0 Å². The first-order valence-electron chi connectivity index (χ1n) is 9.01. The lowest BCUT2D eigenvalue weighted by molar-refractivity contribution is -0.137. The van der Waals surface area contributed by atoms with Crippen LogP contribution >= 0.6 is 0 Å². The fraction of sp³-hybridized carbons (Fsp3) is 0.650. The largest absolute Gasteiger partial charge is 0.481 e. The van der Waals surface area contributed by atoms with Gasteiger partial charge in [-0.3, -0.25) is 4.79 Å². The quantitative estimate of drug-likeness (QED) is 0.421. The molecule has 3 heteroatoms. The molecular formula is C20H32O3. The highest BCUT2D eigenvalue weighted by Gasteiger charge is 2.23. The maximum absolute atomic E-state index is 10.4. The van der Waals surface area contributed by atoms with E-state index in [2.05, 4.69) is 31.2 Å². The normalized spacial score (nSPS) is 23.4. The van der Waals surface area contributed by atoms with E-state index in [1.165, 1.54) is 19.3 Å². The number of aliphatic hydroxyl groups excluding tert-OH is 1. The molecular weight excluding hydrogens is 288 g/mol. The highest BCUT2D eigenvalue weighted by atomic mass is 16.4. The van der Waals surface area contributed by atoms with E-state index >= 15 is 0 Å².